The first-order valence-electron chi connectivity index (χ1n) is 5.63. The van der Waals surface area contributed by atoms with Crippen LogP contribution in [0, 0.1) is 0 Å². The lowest BCUT2D eigenvalue weighted by Crippen LogP contribution is -2.15. The minimum atomic E-state index is -0.532. The summed E-state index contributed by atoms with van der Waals surface area (Å²) in [5.74, 6) is 1.79. The molecule has 0 saturated carbocycles. The summed E-state index contributed by atoms with van der Waals surface area (Å²) >= 11 is 18.3. The molecule has 100 valence electrons. The monoisotopic (exact) mass is 318 g/mol. The second kappa shape index (κ2) is 5.16. The van der Waals surface area contributed by atoms with Gasteiger partial charge in [0.2, 0.25) is 0 Å². The Balaban J connectivity index is 2.00. The van der Waals surface area contributed by atoms with E-state index in [9.17, 15) is 0 Å². The largest absolute Gasteiger partial charge is 0.486 e. The molecule has 0 amide bonds. The lowest BCUT2D eigenvalue weighted by Gasteiger charge is -2.20. The van der Waals surface area contributed by atoms with Gasteiger partial charge >= 0.3 is 0 Å². The van der Waals surface area contributed by atoms with Crippen LogP contribution in [0.2, 0.25) is 10.2 Å². The average molecular weight is 320 g/mol. The number of hydrogen-bond acceptors (Lipinski definition) is 3. The second-order valence-electron chi connectivity index (χ2n) is 4.02. The van der Waals surface area contributed by atoms with Crippen molar-refractivity contribution in [1.29, 1.82) is 0 Å². The van der Waals surface area contributed by atoms with Crippen LogP contribution in [0.3, 0.4) is 0 Å². The third-order valence-corrected chi connectivity index (χ3v) is 3.76. The van der Waals surface area contributed by atoms with Crippen LogP contribution >= 0.6 is 34.8 Å². The van der Waals surface area contributed by atoms with E-state index < -0.39 is 5.38 Å². The van der Waals surface area contributed by atoms with Crippen molar-refractivity contribution in [2.75, 3.05) is 13.2 Å². The Morgan fingerprint density at radius 2 is 1.68 bits per heavy atom. The van der Waals surface area contributed by atoms with E-state index in [1.54, 1.807) is 24.3 Å². The zero-order valence-corrected chi connectivity index (χ0v) is 11.9. The maximum absolute atomic E-state index is 6.36. The normalized spacial score (nSPS) is 15.3. The van der Waals surface area contributed by atoms with Crippen LogP contribution in [0.5, 0.6) is 11.5 Å². The van der Waals surface area contributed by atoms with Crippen molar-refractivity contribution in [3.05, 3.63) is 45.8 Å². The fourth-order valence-electron chi connectivity index (χ4n) is 1.89. The summed E-state index contributed by atoms with van der Waals surface area (Å²) in [7, 11) is 0. The van der Waals surface area contributed by atoms with E-state index in [0.717, 1.165) is 0 Å². The lowest BCUT2D eigenvalue weighted by molar-refractivity contribution is 0.171. The summed E-state index contributed by atoms with van der Waals surface area (Å²) in [5.41, 5.74) is 0.693. The molecule has 3 nitrogen and oxygen atoms in total. The van der Waals surface area contributed by atoms with Gasteiger partial charge in [-0.25, -0.2) is 0 Å². The molecule has 0 saturated heterocycles. The van der Waals surface area contributed by atoms with Gasteiger partial charge in [0.25, 0.3) is 0 Å². The maximum atomic E-state index is 6.36. The standard InChI is InChI=1S/C13H9Cl3O3/c14-8-6-11-10(17-3-4-18-11)5-7(8)13(16)9-1-2-12(15)19-9/h1-2,5-6,13H,3-4H2. The molecule has 1 atom stereocenters. The number of benzene rings is 1. The molecule has 1 aliphatic rings. The average Bonchev–Trinajstić information content (AvgIpc) is 2.84. The van der Waals surface area contributed by atoms with Crippen LogP contribution in [-0.2, 0) is 0 Å². The zero-order valence-electron chi connectivity index (χ0n) is 9.66. The molecule has 2 aromatic rings. The van der Waals surface area contributed by atoms with Gasteiger partial charge in [-0.05, 0) is 29.8 Å². The highest BCUT2D eigenvalue weighted by Gasteiger charge is 2.22. The third kappa shape index (κ3) is 2.50. The van der Waals surface area contributed by atoms with Gasteiger partial charge in [-0.2, -0.15) is 0 Å². The number of furan rings is 1. The molecule has 2 heterocycles. The number of rotatable bonds is 2. The molecule has 6 heteroatoms. The molecular formula is C13H9Cl3O3. The first-order valence-corrected chi connectivity index (χ1v) is 6.83. The van der Waals surface area contributed by atoms with Gasteiger partial charge in [-0.1, -0.05) is 11.6 Å². The Morgan fingerprint density at radius 3 is 2.32 bits per heavy atom. The summed E-state index contributed by atoms with van der Waals surface area (Å²) < 4.78 is 16.3. The number of fused-ring (bicyclic) bond motifs is 1. The van der Waals surface area contributed by atoms with Crippen molar-refractivity contribution >= 4 is 34.8 Å². The highest BCUT2D eigenvalue weighted by atomic mass is 35.5. The molecule has 0 N–H and O–H groups in total. The predicted molar refractivity (Wildman–Crippen MR) is 73.9 cm³/mol. The van der Waals surface area contributed by atoms with Crippen molar-refractivity contribution in [3.8, 4) is 11.5 Å². The zero-order chi connectivity index (χ0) is 13.4. The van der Waals surface area contributed by atoms with Crippen LogP contribution in [0.1, 0.15) is 16.7 Å². The first kappa shape index (κ1) is 13.0. The Morgan fingerprint density at radius 1 is 1.00 bits per heavy atom. The number of halogens is 3. The molecular weight excluding hydrogens is 310 g/mol. The van der Waals surface area contributed by atoms with Gasteiger partial charge in [0.05, 0.1) is 0 Å². The van der Waals surface area contributed by atoms with E-state index in [0.29, 0.717) is 41.1 Å². The van der Waals surface area contributed by atoms with Crippen molar-refractivity contribution in [2.24, 2.45) is 0 Å². The van der Waals surface area contributed by atoms with E-state index in [4.69, 9.17) is 48.7 Å². The summed E-state index contributed by atoms with van der Waals surface area (Å²) in [6.07, 6.45) is 0. The predicted octanol–water partition coefficient (Wildman–Crippen LogP) is 4.69. The lowest BCUT2D eigenvalue weighted by atomic mass is 10.1. The second-order valence-corrected chi connectivity index (χ2v) is 5.24. The molecule has 0 spiro atoms. The summed E-state index contributed by atoms with van der Waals surface area (Å²) in [6, 6.07) is 6.82. The summed E-state index contributed by atoms with van der Waals surface area (Å²) in [5, 5.41) is 0.252. The van der Waals surface area contributed by atoms with Crippen molar-refractivity contribution in [1.82, 2.24) is 0 Å². The van der Waals surface area contributed by atoms with E-state index in [-0.39, 0.29) is 5.22 Å². The smallest absolute Gasteiger partial charge is 0.193 e. The Hall–Kier alpha value is -1.03. The fraction of sp³-hybridized carbons (Fsp3) is 0.231. The SMILES string of the molecule is Clc1ccc(C(Cl)c2cc3c(cc2Cl)OCCO3)o1. The molecule has 1 unspecified atom stereocenters. The Labute approximate surface area is 125 Å². The summed E-state index contributed by atoms with van der Waals surface area (Å²) in [6.45, 7) is 1.02. The molecule has 1 aliphatic heterocycles. The fourth-order valence-corrected chi connectivity index (χ4v) is 2.66. The molecule has 1 aromatic heterocycles. The van der Waals surface area contributed by atoms with Crippen LogP contribution < -0.4 is 9.47 Å². The molecule has 0 fully saturated rings. The molecule has 1 aromatic carbocycles. The maximum Gasteiger partial charge on any atom is 0.193 e. The van der Waals surface area contributed by atoms with Crippen molar-refractivity contribution in [2.45, 2.75) is 5.38 Å². The minimum Gasteiger partial charge on any atom is -0.486 e. The van der Waals surface area contributed by atoms with E-state index in [2.05, 4.69) is 0 Å². The number of alkyl halides is 1. The van der Waals surface area contributed by atoms with Crippen LogP contribution in [-0.4, -0.2) is 13.2 Å². The molecule has 0 radical (unpaired) electrons. The minimum absolute atomic E-state index is 0.286. The molecule has 0 aliphatic carbocycles. The van der Waals surface area contributed by atoms with Gasteiger partial charge in [0.1, 0.15) is 24.4 Å². The van der Waals surface area contributed by atoms with Crippen LogP contribution in [0.4, 0.5) is 0 Å². The van der Waals surface area contributed by atoms with Gasteiger partial charge < -0.3 is 13.9 Å². The van der Waals surface area contributed by atoms with Crippen LogP contribution in [0.25, 0.3) is 0 Å². The van der Waals surface area contributed by atoms with E-state index >= 15 is 0 Å². The highest BCUT2D eigenvalue weighted by Crippen LogP contribution is 2.42. The Bertz CT molecular complexity index is 609. The van der Waals surface area contributed by atoms with Gasteiger partial charge in [0, 0.05) is 16.7 Å². The van der Waals surface area contributed by atoms with Crippen LogP contribution in [0.15, 0.2) is 28.7 Å². The van der Waals surface area contributed by atoms with E-state index in [1.807, 2.05) is 0 Å². The van der Waals surface area contributed by atoms with Gasteiger partial charge in [-0.3, -0.25) is 0 Å². The van der Waals surface area contributed by atoms with Gasteiger partial charge in [0.15, 0.2) is 16.7 Å². The summed E-state index contributed by atoms with van der Waals surface area (Å²) in [4.78, 5) is 0. The van der Waals surface area contributed by atoms with Crippen molar-refractivity contribution in [3.63, 3.8) is 0 Å². The molecule has 0 bridgehead atoms. The third-order valence-electron chi connectivity index (χ3n) is 2.78. The van der Waals surface area contributed by atoms with Gasteiger partial charge in [-0.15, -0.1) is 11.6 Å². The topological polar surface area (TPSA) is 31.6 Å². The first-order chi connectivity index (χ1) is 9.15. The van der Waals surface area contributed by atoms with Crippen molar-refractivity contribution < 1.29 is 13.9 Å². The molecule has 3 rings (SSSR count). The molecule has 19 heavy (non-hydrogen) atoms. The highest BCUT2D eigenvalue weighted by molar-refractivity contribution is 6.33. The number of hydrogen-bond donors (Lipinski definition) is 0. The number of ether oxygens (including phenoxy) is 2. The quantitative estimate of drug-likeness (QED) is 0.753. The van der Waals surface area contributed by atoms with E-state index in [1.165, 1.54) is 0 Å². The Kier molecular flexibility index (Phi) is 3.52.